The fourth-order valence-electron chi connectivity index (χ4n) is 1.68. The minimum atomic E-state index is 0.0948. The highest BCUT2D eigenvalue weighted by Gasteiger charge is 2.23. The van der Waals surface area contributed by atoms with Gasteiger partial charge < -0.3 is 9.64 Å². The highest BCUT2D eigenvalue weighted by molar-refractivity contribution is 7.99. The van der Waals surface area contributed by atoms with Crippen LogP contribution in [0.3, 0.4) is 0 Å². The summed E-state index contributed by atoms with van der Waals surface area (Å²) in [6.07, 6.45) is 2.12. The number of ether oxygens (including phenoxy) is 1. The number of hydrogen-bond acceptors (Lipinski definition) is 4. The zero-order valence-corrected chi connectivity index (χ0v) is 10.9. The van der Waals surface area contributed by atoms with Crippen LogP contribution >= 0.6 is 11.8 Å². The molecule has 1 N–H and O–H groups in total. The van der Waals surface area contributed by atoms with Crippen molar-refractivity contribution in [1.82, 2.24) is 10.2 Å². The molecule has 16 heavy (non-hydrogen) atoms. The van der Waals surface area contributed by atoms with Gasteiger partial charge in [0.05, 0.1) is 23.7 Å². The molecule has 0 saturated carbocycles. The lowest BCUT2D eigenvalue weighted by Crippen LogP contribution is -2.36. The van der Waals surface area contributed by atoms with E-state index in [1.165, 1.54) is 5.69 Å². The Morgan fingerprint density at radius 1 is 1.44 bits per heavy atom. The molecule has 1 saturated heterocycles. The number of H-pyrrole nitrogens is 1. The molecule has 5 heteroatoms. The predicted molar refractivity (Wildman–Crippen MR) is 68.2 cm³/mol. The van der Waals surface area contributed by atoms with Crippen LogP contribution in [0.15, 0.2) is 6.07 Å². The van der Waals surface area contributed by atoms with E-state index in [4.69, 9.17) is 4.74 Å². The average Bonchev–Trinajstić information content (AvgIpc) is 2.80. The van der Waals surface area contributed by atoms with Crippen molar-refractivity contribution < 1.29 is 4.74 Å². The summed E-state index contributed by atoms with van der Waals surface area (Å²) in [7, 11) is 0. The summed E-state index contributed by atoms with van der Waals surface area (Å²) in [5.41, 5.74) is 1.18. The van der Waals surface area contributed by atoms with Crippen LogP contribution in [-0.4, -0.2) is 42.8 Å². The Labute approximate surface area is 101 Å². The molecule has 4 nitrogen and oxygen atoms in total. The predicted octanol–water partition coefficient (Wildman–Crippen LogP) is 1.84. The van der Waals surface area contributed by atoms with Gasteiger partial charge in [0.25, 0.3) is 0 Å². The Bertz CT molecular complexity index is 345. The minimum absolute atomic E-state index is 0.0948. The summed E-state index contributed by atoms with van der Waals surface area (Å²) in [6.45, 7) is 7.87. The Morgan fingerprint density at radius 3 is 2.75 bits per heavy atom. The second-order valence-corrected chi connectivity index (χ2v) is 5.88. The Morgan fingerprint density at radius 2 is 2.12 bits per heavy atom. The average molecular weight is 241 g/mol. The zero-order valence-electron chi connectivity index (χ0n) is 10.1. The SMILES string of the molecule is CSC(C)(C)c1cc(N2CCOCC2)n[nH]1. The lowest BCUT2D eigenvalue weighted by molar-refractivity contribution is 0.122. The lowest BCUT2D eigenvalue weighted by Gasteiger charge is -2.26. The van der Waals surface area contributed by atoms with Crippen LogP contribution in [0, 0.1) is 0 Å². The van der Waals surface area contributed by atoms with Gasteiger partial charge >= 0.3 is 0 Å². The molecule has 90 valence electrons. The molecule has 1 fully saturated rings. The van der Waals surface area contributed by atoms with Crippen molar-refractivity contribution in [2.75, 3.05) is 37.5 Å². The molecular formula is C11H19N3OS. The first-order valence-electron chi connectivity index (χ1n) is 5.57. The molecule has 0 amide bonds. The molecule has 0 unspecified atom stereocenters. The fraction of sp³-hybridized carbons (Fsp3) is 0.727. The summed E-state index contributed by atoms with van der Waals surface area (Å²) in [5.74, 6) is 1.04. The standard InChI is InChI=1S/C11H19N3OS/c1-11(2,16-3)9-8-10(13-12-9)14-4-6-15-7-5-14/h8H,4-7H2,1-3H3,(H,12,13). The largest absolute Gasteiger partial charge is 0.378 e. The van der Waals surface area contributed by atoms with Crippen LogP contribution in [-0.2, 0) is 9.48 Å². The third-order valence-corrected chi connectivity index (χ3v) is 4.30. The number of aromatic amines is 1. The lowest BCUT2D eigenvalue weighted by atomic mass is 10.1. The maximum absolute atomic E-state index is 5.33. The van der Waals surface area contributed by atoms with Gasteiger partial charge in [0.2, 0.25) is 0 Å². The fourth-order valence-corrected chi connectivity index (χ4v) is 2.01. The Hall–Kier alpha value is -0.680. The number of nitrogens with one attached hydrogen (secondary N) is 1. The second kappa shape index (κ2) is 4.67. The van der Waals surface area contributed by atoms with Crippen LogP contribution in [0.2, 0.25) is 0 Å². The van der Waals surface area contributed by atoms with Gasteiger partial charge in [-0.2, -0.15) is 16.9 Å². The van der Waals surface area contributed by atoms with E-state index in [-0.39, 0.29) is 4.75 Å². The number of thioether (sulfide) groups is 1. The third kappa shape index (κ3) is 2.35. The summed E-state index contributed by atoms with van der Waals surface area (Å²) < 4.78 is 5.43. The van der Waals surface area contributed by atoms with Crippen molar-refractivity contribution in [2.45, 2.75) is 18.6 Å². The quantitative estimate of drug-likeness (QED) is 0.877. The van der Waals surface area contributed by atoms with Gasteiger partial charge in [-0.15, -0.1) is 0 Å². The van der Waals surface area contributed by atoms with E-state index in [2.05, 4.69) is 41.3 Å². The number of aromatic nitrogens is 2. The molecule has 1 aliphatic heterocycles. The van der Waals surface area contributed by atoms with Gasteiger partial charge in [0, 0.05) is 19.2 Å². The van der Waals surface area contributed by atoms with Crippen molar-refractivity contribution >= 4 is 17.6 Å². The smallest absolute Gasteiger partial charge is 0.150 e. The highest BCUT2D eigenvalue weighted by atomic mass is 32.2. The minimum Gasteiger partial charge on any atom is -0.378 e. The molecular weight excluding hydrogens is 222 g/mol. The van der Waals surface area contributed by atoms with Gasteiger partial charge in [-0.05, 0) is 20.1 Å². The van der Waals surface area contributed by atoms with Gasteiger partial charge in [-0.3, -0.25) is 5.10 Å². The molecule has 0 radical (unpaired) electrons. The maximum Gasteiger partial charge on any atom is 0.150 e. The normalized spacial score (nSPS) is 17.8. The van der Waals surface area contributed by atoms with E-state index in [1.54, 1.807) is 0 Å². The highest BCUT2D eigenvalue weighted by Crippen LogP contribution is 2.33. The molecule has 1 aliphatic rings. The van der Waals surface area contributed by atoms with Crippen molar-refractivity contribution in [3.8, 4) is 0 Å². The van der Waals surface area contributed by atoms with Crippen molar-refractivity contribution in [2.24, 2.45) is 0 Å². The van der Waals surface area contributed by atoms with Crippen LogP contribution in [0.25, 0.3) is 0 Å². The third-order valence-electron chi connectivity index (χ3n) is 3.06. The molecule has 1 aromatic rings. The Balaban J connectivity index is 2.12. The van der Waals surface area contributed by atoms with E-state index < -0.39 is 0 Å². The molecule has 0 aliphatic carbocycles. The number of rotatable bonds is 3. The van der Waals surface area contributed by atoms with Crippen LogP contribution < -0.4 is 4.90 Å². The number of hydrogen-bond donors (Lipinski definition) is 1. The van der Waals surface area contributed by atoms with E-state index in [1.807, 2.05) is 11.8 Å². The molecule has 2 rings (SSSR count). The van der Waals surface area contributed by atoms with E-state index in [0.29, 0.717) is 0 Å². The van der Waals surface area contributed by atoms with Crippen molar-refractivity contribution in [3.63, 3.8) is 0 Å². The second-order valence-electron chi connectivity index (χ2n) is 4.45. The maximum atomic E-state index is 5.33. The molecule has 1 aromatic heterocycles. The molecule has 0 atom stereocenters. The number of anilines is 1. The molecule has 2 heterocycles. The summed E-state index contributed by atoms with van der Waals surface area (Å²) in [6, 6.07) is 2.15. The first-order chi connectivity index (χ1) is 7.63. The van der Waals surface area contributed by atoms with E-state index in [9.17, 15) is 0 Å². The number of nitrogens with zero attached hydrogens (tertiary/aromatic N) is 2. The van der Waals surface area contributed by atoms with E-state index in [0.717, 1.165) is 32.1 Å². The Kier molecular flexibility index (Phi) is 3.44. The molecule has 0 spiro atoms. The first kappa shape index (κ1) is 11.8. The molecule has 0 bridgehead atoms. The van der Waals surface area contributed by atoms with Gasteiger partial charge in [-0.1, -0.05) is 0 Å². The van der Waals surface area contributed by atoms with Crippen LogP contribution in [0.5, 0.6) is 0 Å². The summed E-state index contributed by atoms with van der Waals surface area (Å²) >= 11 is 1.83. The van der Waals surface area contributed by atoms with Crippen molar-refractivity contribution in [1.29, 1.82) is 0 Å². The first-order valence-corrected chi connectivity index (χ1v) is 6.80. The van der Waals surface area contributed by atoms with Crippen LogP contribution in [0.1, 0.15) is 19.5 Å². The van der Waals surface area contributed by atoms with Gasteiger partial charge in [0.15, 0.2) is 5.82 Å². The van der Waals surface area contributed by atoms with Crippen molar-refractivity contribution in [3.05, 3.63) is 11.8 Å². The monoisotopic (exact) mass is 241 g/mol. The van der Waals surface area contributed by atoms with Gasteiger partial charge in [0.1, 0.15) is 0 Å². The van der Waals surface area contributed by atoms with Gasteiger partial charge in [-0.25, -0.2) is 0 Å². The number of morpholine rings is 1. The van der Waals surface area contributed by atoms with Crippen LogP contribution in [0.4, 0.5) is 5.82 Å². The van der Waals surface area contributed by atoms with E-state index >= 15 is 0 Å². The topological polar surface area (TPSA) is 41.1 Å². The zero-order chi connectivity index (χ0) is 11.6. The summed E-state index contributed by atoms with van der Waals surface area (Å²) in [4.78, 5) is 2.26. The summed E-state index contributed by atoms with van der Waals surface area (Å²) in [5, 5.41) is 7.53. The molecule has 0 aromatic carbocycles.